The zero-order chi connectivity index (χ0) is 22.2. The van der Waals surface area contributed by atoms with E-state index in [4.69, 9.17) is 9.26 Å². The highest BCUT2D eigenvalue weighted by atomic mass is 32.2. The molecule has 7 nitrogen and oxygen atoms in total. The summed E-state index contributed by atoms with van der Waals surface area (Å²) in [6, 6.07) is 10.8. The van der Waals surface area contributed by atoms with Crippen LogP contribution in [0.2, 0.25) is 0 Å². The number of benzene rings is 2. The first kappa shape index (κ1) is 21.3. The number of halogens is 3. The number of ether oxygens (including phenoxy) is 1. The monoisotopic (exact) mass is 453 g/mol. The Morgan fingerprint density at radius 2 is 1.81 bits per heavy atom. The van der Waals surface area contributed by atoms with Crippen molar-refractivity contribution in [1.82, 2.24) is 14.4 Å². The van der Waals surface area contributed by atoms with Crippen LogP contribution in [0.25, 0.3) is 11.4 Å². The predicted molar refractivity (Wildman–Crippen MR) is 104 cm³/mol. The third-order valence-corrected chi connectivity index (χ3v) is 6.75. The van der Waals surface area contributed by atoms with E-state index in [1.54, 1.807) is 25.1 Å². The summed E-state index contributed by atoms with van der Waals surface area (Å²) in [6.07, 6.45) is -4.43. The summed E-state index contributed by atoms with van der Waals surface area (Å²) >= 11 is 0. The van der Waals surface area contributed by atoms with Gasteiger partial charge in [-0.2, -0.15) is 22.5 Å². The Kier molecular flexibility index (Phi) is 5.48. The van der Waals surface area contributed by atoms with Crippen LogP contribution in [-0.4, -0.2) is 42.6 Å². The van der Waals surface area contributed by atoms with E-state index in [2.05, 4.69) is 10.1 Å². The fourth-order valence-electron chi connectivity index (χ4n) is 3.19. The molecule has 0 atom stereocenters. The molecule has 11 heteroatoms. The molecule has 164 valence electrons. The van der Waals surface area contributed by atoms with Crippen molar-refractivity contribution in [3.05, 3.63) is 60.0 Å². The molecule has 0 aliphatic carbocycles. The number of rotatable bonds is 6. The number of hydrogen-bond acceptors (Lipinski definition) is 6. The fourth-order valence-corrected chi connectivity index (χ4v) is 4.86. The predicted octanol–water partition coefficient (Wildman–Crippen LogP) is 3.94. The molecule has 1 fully saturated rings. The summed E-state index contributed by atoms with van der Waals surface area (Å²) in [5.41, 5.74) is -0.399. The number of alkyl halides is 3. The summed E-state index contributed by atoms with van der Waals surface area (Å²) in [6.45, 7) is 2.41. The van der Waals surface area contributed by atoms with Crippen LogP contribution in [0.5, 0.6) is 5.75 Å². The molecule has 1 aliphatic heterocycles. The van der Waals surface area contributed by atoms with Crippen LogP contribution in [0.15, 0.2) is 57.9 Å². The molecule has 0 bridgehead atoms. The first-order valence-electron chi connectivity index (χ1n) is 9.43. The Hall–Kier alpha value is -2.92. The molecule has 3 aromatic rings. The molecular formula is C20H18F3N3O4S. The molecular weight excluding hydrogens is 435 g/mol. The summed E-state index contributed by atoms with van der Waals surface area (Å²) in [5, 5.41) is 3.81. The van der Waals surface area contributed by atoms with Crippen LogP contribution < -0.4 is 4.74 Å². The van der Waals surface area contributed by atoms with E-state index in [9.17, 15) is 21.6 Å². The molecule has 0 saturated carbocycles. The lowest BCUT2D eigenvalue weighted by atomic mass is 10.0. The largest absolute Gasteiger partial charge is 0.492 e. The molecule has 4 rings (SSSR count). The van der Waals surface area contributed by atoms with Gasteiger partial charge in [0, 0.05) is 18.7 Å². The molecule has 0 N–H and O–H groups in total. The quantitative estimate of drug-likeness (QED) is 0.562. The second kappa shape index (κ2) is 7.97. The van der Waals surface area contributed by atoms with Crippen molar-refractivity contribution in [2.75, 3.05) is 19.7 Å². The maximum atomic E-state index is 12.9. The molecule has 1 saturated heterocycles. The molecule has 1 aromatic heterocycles. The average Bonchev–Trinajstić information content (AvgIpc) is 3.16. The van der Waals surface area contributed by atoms with Crippen molar-refractivity contribution in [3.63, 3.8) is 0 Å². The SMILES string of the molecule is CCOc1ccccc1S(=O)(=O)N1CC(c2nc(-c3ccc(C(F)(F)F)cc3)no2)C1. The maximum absolute atomic E-state index is 12.9. The molecule has 1 aliphatic rings. The third-order valence-electron chi connectivity index (χ3n) is 4.88. The van der Waals surface area contributed by atoms with Gasteiger partial charge in [-0.05, 0) is 31.2 Å². The highest BCUT2D eigenvalue weighted by molar-refractivity contribution is 7.89. The average molecular weight is 453 g/mol. The number of nitrogens with zero attached hydrogens (tertiary/aromatic N) is 3. The number of aromatic nitrogens is 2. The van der Waals surface area contributed by atoms with E-state index in [1.807, 2.05) is 0 Å². The smallest absolute Gasteiger partial charge is 0.416 e. The molecule has 0 unspecified atom stereocenters. The van der Waals surface area contributed by atoms with E-state index < -0.39 is 21.8 Å². The highest BCUT2D eigenvalue weighted by Gasteiger charge is 2.41. The second-order valence-corrected chi connectivity index (χ2v) is 8.84. The van der Waals surface area contributed by atoms with E-state index in [0.717, 1.165) is 12.1 Å². The Labute approximate surface area is 176 Å². The Balaban J connectivity index is 1.46. The van der Waals surface area contributed by atoms with E-state index >= 15 is 0 Å². The summed E-state index contributed by atoms with van der Waals surface area (Å²) < 4.78 is 75.8. The van der Waals surface area contributed by atoms with Gasteiger partial charge in [-0.1, -0.05) is 29.4 Å². The minimum absolute atomic E-state index is 0.0891. The van der Waals surface area contributed by atoms with Gasteiger partial charge in [-0.25, -0.2) is 8.42 Å². The highest BCUT2D eigenvalue weighted by Crippen LogP contribution is 2.35. The van der Waals surface area contributed by atoms with Gasteiger partial charge in [-0.3, -0.25) is 0 Å². The van der Waals surface area contributed by atoms with Crippen molar-refractivity contribution < 1.29 is 30.8 Å². The minimum Gasteiger partial charge on any atom is -0.492 e. The summed E-state index contributed by atoms with van der Waals surface area (Å²) in [5.74, 6) is 0.367. The van der Waals surface area contributed by atoms with Crippen LogP contribution in [-0.2, 0) is 16.2 Å². The molecule has 2 aromatic carbocycles. The van der Waals surface area contributed by atoms with Gasteiger partial charge in [0.25, 0.3) is 0 Å². The molecule has 0 amide bonds. The zero-order valence-electron chi connectivity index (χ0n) is 16.3. The lowest BCUT2D eigenvalue weighted by Crippen LogP contribution is -2.48. The lowest BCUT2D eigenvalue weighted by Gasteiger charge is -2.36. The number of hydrogen-bond donors (Lipinski definition) is 0. The van der Waals surface area contributed by atoms with Crippen molar-refractivity contribution in [3.8, 4) is 17.1 Å². The van der Waals surface area contributed by atoms with Gasteiger partial charge >= 0.3 is 6.18 Å². The van der Waals surface area contributed by atoms with Gasteiger partial charge in [0.1, 0.15) is 10.6 Å². The Bertz CT molecular complexity index is 1170. The topological polar surface area (TPSA) is 85.5 Å². The number of para-hydroxylation sites is 1. The van der Waals surface area contributed by atoms with Crippen molar-refractivity contribution in [1.29, 1.82) is 0 Å². The summed E-state index contributed by atoms with van der Waals surface area (Å²) in [4.78, 5) is 4.31. The molecule has 0 spiro atoms. The van der Waals surface area contributed by atoms with Gasteiger partial charge < -0.3 is 9.26 Å². The van der Waals surface area contributed by atoms with Gasteiger partial charge in [0.05, 0.1) is 18.1 Å². The zero-order valence-corrected chi connectivity index (χ0v) is 17.2. The van der Waals surface area contributed by atoms with Crippen LogP contribution in [0.1, 0.15) is 24.3 Å². The van der Waals surface area contributed by atoms with Crippen molar-refractivity contribution in [2.45, 2.75) is 23.9 Å². The molecule has 0 radical (unpaired) electrons. The van der Waals surface area contributed by atoms with Crippen molar-refractivity contribution >= 4 is 10.0 Å². The van der Waals surface area contributed by atoms with Gasteiger partial charge in [-0.15, -0.1) is 0 Å². The third kappa shape index (κ3) is 4.15. The van der Waals surface area contributed by atoms with Crippen molar-refractivity contribution in [2.24, 2.45) is 0 Å². The second-order valence-electron chi connectivity index (χ2n) is 6.93. The first-order chi connectivity index (χ1) is 14.7. The van der Waals surface area contributed by atoms with Gasteiger partial charge in [0.15, 0.2) is 0 Å². The van der Waals surface area contributed by atoms with Crippen LogP contribution in [0, 0.1) is 0 Å². The normalized spacial score (nSPS) is 15.6. The standard InChI is InChI=1S/C20H18F3N3O4S/c1-2-29-16-5-3-4-6-17(16)31(27,28)26-11-14(12-26)19-24-18(25-30-19)13-7-9-15(10-8-13)20(21,22)23/h3-10,14H,2,11-12H2,1H3. The summed E-state index contributed by atoms with van der Waals surface area (Å²) in [7, 11) is -3.75. The maximum Gasteiger partial charge on any atom is 0.416 e. The molecule has 31 heavy (non-hydrogen) atoms. The Morgan fingerprint density at radius 1 is 1.13 bits per heavy atom. The van der Waals surface area contributed by atoms with Crippen LogP contribution in [0.4, 0.5) is 13.2 Å². The fraction of sp³-hybridized carbons (Fsp3) is 0.300. The van der Waals surface area contributed by atoms with E-state index in [-0.39, 0.29) is 41.4 Å². The van der Waals surface area contributed by atoms with Crippen LogP contribution in [0.3, 0.4) is 0 Å². The first-order valence-corrected chi connectivity index (χ1v) is 10.9. The van der Waals surface area contributed by atoms with E-state index in [1.165, 1.54) is 22.5 Å². The Morgan fingerprint density at radius 3 is 2.45 bits per heavy atom. The van der Waals surface area contributed by atoms with Gasteiger partial charge in [0.2, 0.25) is 21.7 Å². The van der Waals surface area contributed by atoms with Crippen LogP contribution >= 0.6 is 0 Å². The van der Waals surface area contributed by atoms with E-state index in [0.29, 0.717) is 12.2 Å². The molecule has 2 heterocycles. The number of sulfonamides is 1. The minimum atomic E-state index is -4.43. The lowest BCUT2D eigenvalue weighted by molar-refractivity contribution is -0.137.